The molecule has 0 saturated carbocycles. The van der Waals surface area contributed by atoms with Crippen molar-refractivity contribution in [3.63, 3.8) is 0 Å². The Hall–Kier alpha value is -2.80. The zero-order valence-electron chi connectivity index (χ0n) is 12.7. The fourth-order valence-electron chi connectivity index (χ4n) is 2.32. The van der Waals surface area contributed by atoms with Gasteiger partial charge in [0.25, 0.3) is 5.56 Å². The molecule has 0 fully saturated rings. The lowest BCUT2D eigenvalue weighted by molar-refractivity contribution is 0.586. The molecule has 2 N–H and O–H groups in total. The van der Waals surface area contributed by atoms with E-state index in [9.17, 15) is 4.79 Å². The molecule has 0 atom stereocenters. The fraction of sp³-hybridized carbons (Fsp3) is 0.125. The lowest BCUT2D eigenvalue weighted by atomic mass is 10.3. The molecule has 3 aromatic rings. The summed E-state index contributed by atoms with van der Waals surface area (Å²) in [5.41, 5.74) is 1.84. The molecule has 0 saturated heterocycles. The van der Waals surface area contributed by atoms with Crippen LogP contribution in [0.25, 0.3) is 5.69 Å². The summed E-state index contributed by atoms with van der Waals surface area (Å²) in [5, 5.41) is 6.14. The van der Waals surface area contributed by atoms with Gasteiger partial charge < -0.3 is 15.1 Å². The Morgan fingerprint density at radius 2 is 1.87 bits per heavy atom. The third kappa shape index (κ3) is 2.91. The number of rotatable bonds is 3. The Morgan fingerprint density at radius 3 is 2.52 bits per heavy atom. The molecule has 0 bridgehead atoms. The maximum Gasteiger partial charge on any atom is 0.295 e. The molecule has 0 spiro atoms. The highest BCUT2D eigenvalue weighted by Gasteiger charge is 2.17. The lowest BCUT2D eigenvalue weighted by Crippen LogP contribution is -2.25. The molecule has 7 heteroatoms. The van der Waals surface area contributed by atoms with Gasteiger partial charge in [-0.1, -0.05) is 18.2 Å². The van der Waals surface area contributed by atoms with Crippen LogP contribution in [0.4, 0.5) is 11.6 Å². The zero-order valence-corrected chi connectivity index (χ0v) is 13.6. The molecule has 0 aliphatic rings. The van der Waals surface area contributed by atoms with Crippen molar-refractivity contribution in [3.05, 3.63) is 64.8 Å². The maximum absolute atomic E-state index is 12.7. The lowest BCUT2D eigenvalue weighted by Gasteiger charge is -2.07. The van der Waals surface area contributed by atoms with Gasteiger partial charge in [0.2, 0.25) is 0 Å². The van der Waals surface area contributed by atoms with Gasteiger partial charge in [0, 0.05) is 13.1 Å². The second-order valence-corrected chi connectivity index (χ2v) is 5.40. The minimum Gasteiger partial charge on any atom is -0.449 e. The molecule has 0 radical (unpaired) electrons. The predicted molar refractivity (Wildman–Crippen MR) is 94.3 cm³/mol. The van der Waals surface area contributed by atoms with Crippen molar-refractivity contribution < 1.29 is 4.42 Å². The van der Waals surface area contributed by atoms with Crippen LogP contribution in [-0.4, -0.2) is 14.5 Å². The minimum absolute atomic E-state index is 0.167. The summed E-state index contributed by atoms with van der Waals surface area (Å²) >= 11 is 5.23. The highest BCUT2D eigenvalue weighted by Crippen LogP contribution is 2.15. The normalized spacial score (nSPS) is 10.5. The average Bonchev–Trinajstić information content (AvgIpc) is 3.12. The predicted octanol–water partition coefficient (Wildman–Crippen LogP) is 2.89. The van der Waals surface area contributed by atoms with E-state index in [2.05, 4.69) is 10.6 Å². The first-order chi connectivity index (χ1) is 11.1. The number of furan rings is 1. The van der Waals surface area contributed by atoms with E-state index in [1.165, 1.54) is 0 Å². The Kier molecular flexibility index (Phi) is 4.03. The molecule has 23 heavy (non-hydrogen) atoms. The summed E-state index contributed by atoms with van der Waals surface area (Å²) in [6, 6.07) is 12.9. The number of hydrogen-bond acceptors (Lipinski definition) is 3. The topological polar surface area (TPSA) is 64.1 Å². The van der Waals surface area contributed by atoms with Gasteiger partial charge in [-0.05, 0) is 37.3 Å². The summed E-state index contributed by atoms with van der Waals surface area (Å²) < 4.78 is 8.55. The van der Waals surface area contributed by atoms with Gasteiger partial charge in [-0.15, -0.1) is 0 Å². The summed E-state index contributed by atoms with van der Waals surface area (Å²) in [7, 11) is 1.83. The van der Waals surface area contributed by atoms with Crippen LogP contribution in [0.5, 0.6) is 0 Å². The largest absolute Gasteiger partial charge is 0.449 e. The molecule has 6 nitrogen and oxygen atoms in total. The van der Waals surface area contributed by atoms with Crippen LogP contribution in [0.3, 0.4) is 0 Å². The zero-order chi connectivity index (χ0) is 16.4. The first-order valence-electron chi connectivity index (χ1n) is 7.03. The second-order valence-electron chi connectivity index (χ2n) is 4.99. The number of benzene rings is 1. The third-order valence-corrected chi connectivity index (χ3v) is 3.75. The molecular weight excluding hydrogens is 312 g/mol. The van der Waals surface area contributed by atoms with Crippen LogP contribution in [0.2, 0.25) is 0 Å². The Bertz CT molecular complexity index is 879. The van der Waals surface area contributed by atoms with Crippen LogP contribution in [0.15, 0.2) is 57.9 Å². The van der Waals surface area contributed by atoms with Gasteiger partial charge in [0.1, 0.15) is 5.69 Å². The molecule has 3 rings (SSSR count). The first-order valence-corrected chi connectivity index (χ1v) is 7.44. The van der Waals surface area contributed by atoms with E-state index >= 15 is 0 Å². The van der Waals surface area contributed by atoms with Crippen molar-refractivity contribution in [2.75, 3.05) is 10.6 Å². The summed E-state index contributed by atoms with van der Waals surface area (Å²) in [5.74, 6) is 0.513. The molecule has 0 aliphatic heterocycles. The van der Waals surface area contributed by atoms with Crippen molar-refractivity contribution in [1.82, 2.24) is 9.36 Å². The van der Waals surface area contributed by atoms with E-state index in [1.54, 1.807) is 27.8 Å². The molecular formula is C16H16N4O2S. The number of anilines is 2. The summed E-state index contributed by atoms with van der Waals surface area (Å²) in [6.45, 7) is 1.86. The van der Waals surface area contributed by atoms with Gasteiger partial charge in [-0.2, -0.15) is 0 Å². The van der Waals surface area contributed by atoms with Crippen LogP contribution in [0, 0.1) is 6.92 Å². The smallest absolute Gasteiger partial charge is 0.295 e. The van der Waals surface area contributed by atoms with Crippen molar-refractivity contribution in [2.24, 2.45) is 7.05 Å². The summed E-state index contributed by atoms with van der Waals surface area (Å²) in [6.07, 6.45) is 1.54. The third-order valence-electron chi connectivity index (χ3n) is 3.55. The maximum atomic E-state index is 12.7. The average molecular weight is 328 g/mol. The molecule has 118 valence electrons. The molecule has 1 aromatic carbocycles. The van der Waals surface area contributed by atoms with E-state index < -0.39 is 0 Å². The van der Waals surface area contributed by atoms with E-state index in [0.29, 0.717) is 16.7 Å². The van der Waals surface area contributed by atoms with Crippen molar-refractivity contribution in [3.8, 4) is 5.69 Å². The molecule has 0 amide bonds. The highest BCUT2D eigenvalue weighted by atomic mass is 32.1. The van der Waals surface area contributed by atoms with Gasteiger partial charge in [0.15, 0.2) is 11.0 Å². The van der Waals surface area contributed by atoms with Crippen LogP contribution in [-0.2, 0) is 7.05 Å². The van der Waals surface area contributed by atoms with E-state index in [0.717, 1.165) is 11.4 Å². The monoisotopic (exact) mass is 328 g/mol. The molecule has 2 aromatic heterocycles. The van der Waals surface area contributed by atoms with Crippen molar-refractivity contribution in [2.45, 2.75) is 6.92 Å². The minimum atomic E-state index is -0.167. The number of para-hydroxylation sites is 1. The van der Waals surface area contributed by atoms with E-state index in [1.807, 2.05) is 44.3 Å². The standard InChI is InChI=1S/C16H16N4O2S/c1-11-14(18-16(23)17-13-9-6-10-22-13)15(21)20(19(11)2)12-7-4-3-5-8-12/h3-10H,1-2H3,(H2,17,18,23). The van der Waals surface area contributed by atoms with Gasteiger partial charge in [-0.3, -0.25) is 9.48 Å². The van der Waals surface area contributed by atoms with E-state index in [-0.39, 0.29) is 5.56 Å². The fourth-order valence-corrected chi connectivity index (χ4v) is 2.52. The van der Waals surface area contributed by atoms with Crippen LogP contribution >= 0.6 is 12.2 Å². The highest BCUT2D eigenvalue weighted by molar-refractivity contribution is 7.80. The number of thiocarbonyl (C=S) groups is 1. The van der Waals surface area contributed by atoms with Crippen molar-refractivity contribution in [1.29, 1.82) is 0 Å². The number of aromatic nitrogens is 2. The van der Waals surface area contributed by atoms with E-state index in [4.69, 9.17) is 16.6 Å². The second kappa shape index (κ2) is 6.13. The van der Waals surface area contributed by atoms with Crippen LogP contribution in [0.1, 0.15) is 5.69 Å². The Labute approximate surface area is 138 Å². The molecule has 0 aliphatic carbocycles. The number of hydrogen-bond donors (Lipinski definition) is 2. The van der Waals surface area contributed by atoms with Gasteiger partial charge in [-0.25, -0.2) is 4.68 Å². The molecule has 0 unspecified atom stereocenters. The quantitative estimate of drug-likeness (QED) is 0.724. The molecule has 2 heterocycles. The first kappa shape index (κ1) is 15.1. The Balaban J connectivity index is 1.92. The Morgan fingerprint density at radius 1 is 1.13 bits per heavy atom. The van der Waals surface area contributed by atoms with Gasteiger partial charge in [0.05, 0.1) is 17.6 Å². The van der Waals surface area contributed by atoms with Crippen LogP contribution < -0.4 is 16.2 Å². The SMILES string of the molecule is Cc1c(NC(=S)Nc2ccco2)c(=O)n(-c2ccccc2)n1C. The number of nitrogens with one attached hydrogen (secondary N) is 2. The van der Waals surface area contributed by atoms with Crippen molar-refractivity contribution >= 4 is 28.9 Å². The number of nitrogens with zero attached hydrogens (tertiary/aromatic N) is 2. The summed E-state index contributed by atoms with van der Waals surface area (Å²) in [4.78, 5) is 12.7. The van der Waals surface area contributed by atoms with Gasteiger partial charge >= 0.3 is 0 Å².